The van der Waals surface area contributed by atoms with Crippen LogP contribution >= 0.6 is 0 Å². The lowest BCUT2D eigenvalue weighted by molar-refractivity contribution is 0.620. The first-order valence-electron chi connectivity index (χ1n) is 5.19. The van der Waals surface area contributed by atoms with E-state index in [2.05, 4.69) is 11.1 Å². The largest absolute Gasteiger partial charge is 0.358 e. The Morgan fingerprint density at radius 2 is 2.20 bits per heavy atom. The van der Waals surface area contributed by atoms with E-state index < -0.39 is 0 Å². The van der Waals surface area contributed by atoms with Crippen molar-refractivity contribution in [1.82, 2.24) is 4.98 Å². The number of aromatic amines is 1. The molecule has 0 spiro atoms. The van der Waals surface area contributed by atoms with Crippen molar-refractivity contribution < 1.29 is 4.39 Å². The summed E-state index contributed by atoms with van der Waals surface area (Å²) in [5, 5.41) is 1.07. The third kappa shape index (κ3) is 1.88. The molecular formula is C12H15FN2. The average Bonchev–Trinajstić information content (AvgIpc) is 2.64. The summed E-state index contributed by atoms with van der Waals surface area (Å²) >= 11 is 0. The second-order valence-electron chi connectivity index (χ2n) is 3.82. The van der Waals surface area contributed by atoms with Crippen LogP contribution in [0.5, 0.6) is 0 Å². The van der Waals surface area contributed by atoms with Gasteiger partial charge < -0.3 is 10.7 Å². The molecule has 0 aliphatic heterocycles. The SMILES string of the molecule is Cc1c(F)ccc2cc(CCCN)[nH]c12. The summed E-state index contributed by atoms with van der Waals surface area (Å²) in [6, 6.07) is 5.38. The summed E-state index contributed by atoms with van der Waals surface area (Å²) in [5.74, 6) is -0.158. The standard InChI is InChI=1S/C12H15FN2/c1-8-11(13)5-4-9-7-10(3-2-6-14)15-12(8)9/h4-5,7,15H,2-3,6,14H2,1H3. The number of nitrogens with two attached hydrogens (primary N) is 1. The van der Waals surface area contributed by atoms with Gasteiger partial charge in [0.15, 0.2) is 0 Å². The molecule has 15 heavy (non-hydrogen) atoms. The third-order valence-corrected chi connectivity index (χ3v) is 2.70. The number of benzene rings is 1. The number of halogens is 1. The van der Waals surface area contributed by atoms with Gasteiger partial charge in [0.2, 0.25) is 0 Å². The minimum absolute atomic E-state index is 0.158. The molecule has 0 saturated carbocycles. The Labute approximate surface area is 88.3 Å². The summed E-state index contributed by atoms with van der Waals surface area (Å²) in [7, 11) is 0. The summed E-state index contributed by atoms with van der Waals surface area (Å²) in [5.41, 5.74) is 8.17. The van der Waals surface area contributed by atoms with Crippen LogP contribution in [0.4, 0.5) is 4.39 Å². The smallest absolute Gasteiger partial charge is 0.128 e. The van der Waals surface area contributed by atoms with Crippen LogP contribution in [0.15, 0.2) is 18.2 Å². The third-order valence-electron chi connectivity index (χ3n) is 2.70. The molecular weight excluding hydrogens is 191 g/mol. The molecule has 1 aromatic heterocycles. The van der Waals surface area contributed by atoms with Gasteiger partial charge in [-0.2, -0.15) is 0 Å². The minimum atomic E-state index is -0.158. The molecule has 0 amide bonds. The maximum Gasteiger partial charge on any atom is 0.128 e. The van der Waals surface area contributed by atoms with Gasteiger partial charge in [-0.05, 0) is 44.5 Å². The van der Waals surface area contributed by atoms with Crippen molar-refractivity contribution in [2.75, 3.05) is 6.54 Å². The number of H-pyrrole nitrogens is 1. The minimum Gasteiger partial charge on any atom is -0.358 e. The Hall–Kier alpha value is -1.35. The van der Waals surface area contributed by atoms with Gasteiger partial charge in [-0.15, -0.1) is 0 Å². The molecule has 0 atom stereocenters. The van der Waals surface area contributed by atoms with Gasteiger partial charge in [-0.25, -0.2) is 4.39 Å². The Balaban J connectivity index is 2.42. The van der Waals surface area contributed by atoms with Crippen molar-refractivity contribution in [2.24, 2.45) is 5.73 Å². The van der Waals surface area contributed by atoms with Crippen LogP contribution < -0.4 is 5.73 Å². The molecule has 0 aliphatic carbocycles. The Morgan fingerprint density at radius 1 is 1.40 bits per heavy atom. The molecule has 1 heterocycles. The van der Waals surface area contributed by atoms with Crippen LogP contribution in [0.1, 0.15) is 17.7 Å². The zero-order valence-corrected chi connectivity index (χ0v) is 8.81. The van der Waals surface area contributed by atoms with Gasteiger partial charge in [0.25, 0.3) is 0 Å². The van der Waals surface area contributed by atoms with Crippen molar-refractivity contribution >= 4 is 10.9 Å². The molecule has 2 aromatic rings. The second-order valence-corrected chi connectivity index (χ2v) is 3.82. The number of rotatable bonds is 3. The first-order valence-corrected chi connectivity index (χ1v) is 5.19. The fourth-order valence-corrected chi connectivity index (χ4v) is 1.80. The van der Waals surface area contributed by atoms with Gasteiger partial charge in [0, 0.05) is 16.6 Å². The number of aromatic nitrogens is 1. The monoisotopic (exact) mass is 206 g/mol. The van der Waals surface area contributed by atoms with E-state index in [0.29, 0.717) is 12.1 Å². The van der Waals surface area contributed by atoms with Crippen molar-refractivity contribution in [1.29, 1.82) is 0 Å². The molecule has 0 unspecified atom stereocenters. The Kier molecular flexibility index (Phi) is 2.73. The molecule has 3 heteroatoms. The van der Waals surface area contributed by atoms with E-state index in [4.69, 9.17) is 5.73 Å². The number of aryl methyl sites for hydroxylation is 2. The summed E-state index contributed by atoms with van der Waals surface area (Å²) in [6.45, 7) is 2.48. The van der Waals surface area contributed by atoms with E-state index in [9.17, 15) is 4.39 Å². The fraction of sp³-hybridized carbons (Fsp3) is 0.333. The molecule has 2 nitrogen and oxygen atoms in total. The van der Waals surface area contributed by atoms with Gasteiger partial charge in [0.05, 0.1) is 5.52 Å². The maximum atomic E-state index is 13.3. The highest BCUT2D eigenvalue weighted by Crippen LogP contribution is 2.21. The number of nitrogens with one attached hydrogen (secondary N) is 1. The van der Waals surface area contributed by atoms with Crippen LogP contribution in [-0.2, 0) is 6.42 Å². The van der Waals surface area contributed by atoms with Gasteiger partial charge in [0.1, 0.15) is 5.82 Å². The zero-order chi connectivity index (χ0) is 10.8. The molecule has 0 bridgehead atoms. The van der Waals surface area contributed by atoms with E-state index in [1.54, 1.807) is 13.0 Å². The fourth-order valence-electron chi connectivity index (χ4n) is 1.80. The maximum absolute atomic E-state index is 13.3. The lowest BCUT2D eigenvalue weighted by atomic mass is 10.1. The van der Waals surface area contributed by atoms with E-state index in [-0.39, 0.29) is 5.82 Å². The molecule has 80 valence electrons. The van der Waals surface area contributed by atoms with Crippen LogP contribution in [0.25, 0.3) is 10.9 Å². The highest BCUT2D eigenvalue weighted by atomic mass is 19.1. The van der Waals surface area contributed by atoms with Crippen molar-refractivity contribution in [2.45, 2.75) is 19.8 Å². The first kappa shape index (κ1) is 10.2. The van der Waals surface area contributed by atoms with Crippen molar-refractivity contribution in [3.05, 3.63) is 35.3 Å². The molecule has 0 radical (unpaired) electrons. The highest BCUT2D eigenvalue weighted by Gasteiger charge is 2.06. The van der Waals surface area contributed by atoms with Crippen LogP contribution in [0.3, 0.4) is 0 Å². The number of fused-ring (bicyclic) bond motifs is 1. The first-order chi connectivity index (χ1) is 7.22. The number of hydrogen-bond donors (Lipinski definition) is 2. The van der Waals surface area contributed by atoms with Gasteiger partial charge in [-0.3, -0.25) is 0 Å². The van der Waals surface area contributed by atoms with Crippen molar-refractivity contribution in [3.63, 3.8) is 0 Å². The second kappa shape index (κ2) is 4.03. The van der Waals surface area contributed by atoms with Crippen LogP contribution in [0, 0.1) is 12.7 Å². The van der Waals surface area contributed by atoms with E-state index in [1.807, 2.05) is 0 Å². The van der Waals surface area contributed by atoms with Crippen molar-refractivity contribution in [3.8, 4) is 0 Å². The Bertz CT molecular complexity index is 474. The predicted molar refractivity (Wildman–Crippen MR) is 60.4 cm³/mol. The Morgan fingerprint density at radius 3 is 2.93 bits per heavy atom. The lowest BCUT2D eigenvalue weighted by Gasteiger charge is -1.97. The summed E-state index contributed by atoms with van der Waals surface area (Å²) in [6.07, 6.45) is 1.88. The lowest BCUT2D eigenvalue weighted by Crippen LogP contribution is -2.00. The van der Waals surface area contributed by atoms with E-state index in [0.717, 1.165) is 29.4 Å². The molecule has 2 rings (SSSR count). The normalized spacial score (nSPS) is 11.1. The number of hydrogen-bond acceptors (Lipinski definition) is 1. The molecule has 1 aromatic carbocycles. The zero-order valence-electron chi connectivity index (χ0n) is 8.81. The van der Waals surface area contributed by atoms with Crippen LogP contribution in [-0.4, -0.2) is 11.5 Å². The molecule has 0 aliphatic rings. The van der Waals surface area contributed by atoms with Gasteiger partial charge >= 0.3 is 0 Å². The van der Waals surface area contributed by atoms with Gasteiger partial charge in [-0.1, -0.05) is 0 Å². The van der Waals surface area contributed by atoms with Crippen LogP contribution in [0.2, 0.25) is 0 Å². The summed E-state index contributed by atoms with van der Waals surface area (Å²) < 4.78 is 13.3. The van der Waals surface area contributed by atoms with E-state index in [1.165, 1.54) is 6.07 Å². The molecule has 3 N–H and O–H groups in total. The quantitative estimate of drug-likeness (QED) is 0.796. The molecule has 0 fully saturated rings. The van der Waals surface area contributed by atoms with E-state index >= 15 is 0 Å². The topological polar surface area (TPSA) is 41.8 Å². The average molecular weight is 206 g/mol. The predicted octanol–water partition coefficient (Wildman–Crippen LogP) is 2.51. The highest BCUT2D eigenvalue weighted by molar-refractivity contribution is 5.83. The molecule has 0 saturated heterocycles. The summed E-state index contributed by atoms with van der Waals surface area (Å²) in [4.78, 5) is 3.24.